The molecule has 1 aliphatic carbocycles. The largest absolute Gasteiger partial charge is 0.416 e. The van der Waals surface area contributed by atoms with E-state index in [-0.39, 0.29) is 16.8 Å². The Hall–Kier alpha value is 0.260. The van der Waals surface area contributed by atoms with Crippen molar-refractivity contribution in [2.45, 2.75) is 17.4 Å². The van der Waals surface area contributed by atoms with Crippen molar-refractivity contribution in [3.63, 3.8) is 0 Å². The molecule has 0 aromatic heterocycles. The van der Waals surface area contributed by atoms with Gasteiger partial charge in [0.05, 0.1) is 10.4 Å². The van der Waals surface area contributed by atoms with Gasteiger partial charge in [0.15, 0.2) is 0 Å². The molecule has 0 amide bonds. The van der Waals surface area contributed by atoms with Crippen molar-refractivity contribution in [2.24, 2.45) is 0 Å². The molecular weight excluding hydrogens is 360 g/mol. The van der Waals surface area contributed by atoms with Crippen molar-refractivity contribution in [1.29, 1.82) is 0 Å². The van der Waals surface area contributed by atoms with Gasteiger partial charge in [-0.1, -0.05) is 34.1 Å². The van der Waals surface area contributed by atoms with E-state index in [9.17, 15) is 13.2 Å². The maximum absolute atomic E-state index is 12.4. The molecule has 1 rings (SSSR count). The van der Waals surface area contributed by atoms with E-state index in [2.05, 4.69) is 38.4 Å². The number of halogens is 6. The van der Waals surface area contributed by atoms with Crippen LogP contribution in [0.4, 0.5) is 13.2 Å². The predicted octanol–water partition coefficient (Wildman–Crippen LogP) is 5.04. The molecule has 0 aromatic rings. The molecule has 0 aromatic carbocycles. The first-order chi connectivity index (χ1) is 6.73. The van der Waals surface area contributed by atoms with Crippen LogP contribution in [-0.4, -0.2) is 11.0 Å². The third-order valence-electron chi connectivity index (χ3n) is 1.93. The van der Waals surface area contributed by atoms with Gasteiger partial charge < -0.3 is 0 Å². The Morgan fingerprint density at radius 2 is 2.07 bits per heavy atom. The van der Waals surface area contributed by atoms with Crippen LogP contribution in [0.25, 0.3) is 0 Å². The minimum absolute atomic E-state index is 0.139. The number of rotatable bonds is 1. The zero-order valence-electron chi connectivity index (χ0n) is 7.34. The van der Waals surface area contributed by atoms with Gasteiger partial charge in [-0.3, -0.25) is 0 Å². The van der Waals surface area contributed by atoms with Crippen LogP contribution < -0.4 is 0 Å². The molecule has 0 saturated carbocycles. The standard InChI is InChI=1S/C9H6Br2ClF3/c1-4(9(13,14)15)5-2-6(10)8(12)7(11)3-5/h2,7H,1,3H2. The normalized spacial score (nSPS) is 22.8. The molecule has 0 nitrogen and oxygen atoms in total. The fourth-order valence-corrected chi connectivity index (χ4v) is 2.69. The minimum Gasteiger partial charge on any atom is -0.166 e. The lowest BCUT2D eigenvalue weighted by Crippen LogP contribution is -2.17. The SMILES string of the molecule is C=C(C1=CC(Br)=C(Cl)C(Br)C1)C(F)(F)F. The second kappa shape index (κ2) is 4.63. The first-order valence-electron chi connectivity index (χ1n) is 3.89. The summed E-state index contributed by atoms with van der Waals surface area (Å²) in [6.45, 7) is 3.04. The van der Waals surface area contributed by atoms with Crippen LogP contribution in [0.1, 0.15) is 6.42 Å². The number of hydrogen-bond acceptors (Lipinski definition) is 0. The van der Waals surface area contributed by atoms with Gasteiger partial charge in [-0.25, -0.2) is 0 Å². The fraction of sp³-hybridized carbons (Fsp3) is 0.333. The highest BCUT2D eigenvalue weighted by Gasteiger charge is 2.36. The molecule has 0 spiro atoms. The highest BCUT2D eigenvalue weighted by Crippen LogP contribution is 2.40. The Bertz CT molecular complexity index is 355. The summed E-state index contributed by atoms with van der Waals surface area (Å²) < 4.78 is 37.6. The van der Waals surface area contributed by atoms with Crippen molar-refractivity contribution in [2.75, 3.05) is 0 Å². The van der Waals surface area contributed by atoms with Crippen LogP contribution in [0.5, 0.6) is 0 Å². The van der Waals surface area contributed by atoms with E-state index >= 15 is 0 Å². The first-order valence-corrected chi connectivity index (χ1v) is 5.98. The summed E-state index contributed by atoms with van der Waals surface area (Å²) in [5.74, 6) is 0. The van der Waals surface area contributed by atoms with Crippen LogP contribution in [0.3, 0.4) is 0 Å². The average Bonchev–Trinajstić information content (AvgIpc) is 2.10. The Kier molecular flexibility index (Phi) is 4.12. The highest BCUT2D eigenvalue weighted by atomic mass is 79.9. The average molecular weight is 366 g/mol. The summed E-state index contributed by atoms with van der Waals surface area (Å²) in [6.07, 6.45) is -2.85. The lowest BCUT2D eigenvalue weighted by Gasteiger charge is -2.21. The monoisotopic (exact) mass is 364 g/mol. The van der Waals surface area contributed by atoms with Crippen LogP contribution in [0.15, 0.2) is 33.3 Å². The van der Waals surface area contributed by atoms with Crippen molar-refractivity contribution in [1.82, 2.24) is 0 Å². The van der Waals surface area contributed by atoms with Crippen molar-refractivity contribution in [3.05, 3.63) is 33.3 Å². The third kappa shape index (κ3) is 3.11. The van der Waals surface area contributed by atoms with Crippen molar-refractivity contribution >= 4 is 43.5 Å². The number of hydrogen-bond donors (Lipinski definition) is 0. The molecule has 0 N–H and O–H groups in total. The zero-order chi connectivity index (χ0) is 11.8. The van der Waals surface area contributed by atoms with Crippen LogP contribution in [0.2, 0.25) is 0 Å². The molecular formula is C9H6Br2ClF3. The van der Waals surface area contributed by atoms with Crippen LogP contribution >= 0.6 is 43.5 Å². The maximum atomic E-state index is 12.4. The second-order valence-electron chi connectivity index (χ2n) is 3.01. The quantitative estimate of drug-likeness (QED) is 0.570. The van der Waals surface area contributed by atoms with Crippen LogP contribution in [0, 0.1) is 0 Å². The summed E-state index contributed by atoms with van der Waals surface area (Å²) in [6, 6.07) is 0. The van der Waals surface area contributed by atoms with E-state index in [0.717, 1.165) is 0 Å². The van der Waals surface area contributed by atoms with Gasteiger partial charge in [0, 0.05) is 9.51 Å². The molecule has 0 aliphatic heterocycles. The molecule has 0 fully saturated rings. The van der Waals surface area contributed by atoms with Gasteiger partial charge in [-0.2, -0.15) is 13.2 Å². The topological polar surface area (TPSA) is 0 Å². The molecule has 0 saturated heterocycles. The van der Waals surface area contributed by atoms with Gasteiger partial charge in [-0.15, -0.1) is 0 Å². The smallest absolute Gasteiger partial charge is 0.166 e. The Morgan fingerprint density at radius 1 is 1.53 bits per heavy atom. The molecule has 84 valence electrons. The summed E-state index contributed by atoms with van der Waals surface area (Å²) in [4.78, 5) is -0.298. The van der Waals surface area contributed by atoms with E-state index in [1.54, 1.807) is 0 Å². The molecule has 0 bridgehead atoms. The predicted molar refractivity (Wildman–Crippen MR) is 62.4 cm³/mol. The maximum Gasteiger partial charge on any atom is 0.416 e. The minimum atomic E-state index is -4.39. The molecule has 0 heterocycles. The summed E-state index contributed by atoms with van der Waals surface area (Å²) in [7, 11) is 0. The number of allylic oxidation sites excluding steroid dienone is 5. The Balaban J connectivity index is 3.01. The van der Waals surface area contributed by atoms with Gasteiger partial charge in [0.25, 0.3) is 0 Å². The summed E-state index contributed by atoms with van der Waals surface area (Å²) >= 11 is 12.1. The lowest BCUT2D eigenvalue weighted by molar-refractivity contribution is -0.0891. The molecule has 1 aliphatic rings. The Labute approximate surface area is 107 Å². The molecule has 6 heteroatoms. The van der Waals surface area contributed by atoms with E-state index in [0.29, 0.717) is 9.51 Å². The van der Waals surface area contributed by atoms with Gasteiger partial charge in [0.2, 0.25) is 0 Å². The highest BCUT2D eigenvalue weighted by molar-refractivity contribution is 9.12. The van der Waals surface area contributed by atoms with E-state index in [4.69, 9.17) is 11.6 Å². The Morgan fingerprint density at radius 3 is 2.47 bits per heavy atom. The van der Waals surface area contributed by atoms with E-state index < -0.39 is 11.7 Å². The molecule has 15 heavy (non-hydrogen) atoms. The van der Waals surface area contributed by atoms with Gasteiger partial charge in [-0.05, 0) is 34.0 Å². The third-order valence-corrected chi connectivity index (χ3v) is 4.33. The first kappa shape index (κ1) is 13.3. The molecule has 1 atom stereocenters. The fourth-order valence-electron chi connectivity index (χ4n) is 1.11. The van der Waals surface area contributed by atoms with Crippen LogP contribution in [-0.2, 0) is 0 Å². The lowest BCUT2D eigenvalue weighted by atomic mass is 9.98. The zero-order valence-corrected chi connectivity index (χ0v) is 11.3. The second-order valence-corrected chi connectivity index (χ2v) is 5.38. The molecule has 0 radical (unpaired) electrons. The van der Waals surface area contributed by atoms with Crippen molar-refractivity contribution < 1.29 is 13.2 Å². The number of alkyl halides is 4. The molecule has 1 unspecified atom stereocenters. The summed E-state index contributed by atoms with van der Waals surface area (Å²) in [5.41, 5.74) is -0.686. The van der Waals surface area contributed by atoms with Gasteiger partial charge >= 0.3 is 6.18 Å². The van der Waals surface area contributed by atoms with Gasteiger partial charge in [0.1, 0.15) is 0 Å². The van der Waals surface area contributed by atoms with E-state index in [1.807, 2.05) is 0 Å². The van der Waals surface area contributed by atoms with E-state index in [1.165, 1.54) is 6.08 Å². The summed E-state index contributed by atoms with van der Waals surface area (Å²) in [5, 5.41) is 0.466. The van der Waals surface area contributed by atoms with Crippen molar-refractivity contribution in [3.8, 4) is 0 Å².